The van der Waals surface area contributed by atoms with E-state index in [2.05, 4.69) is 10.2 Å². The summed E-state index contributed by atoms with van der Waals surface area (Å²) < 4.78 is 17.1. The maximum Gasteiger partial charge on any atom is 0.293 e. The number of aromatic nitrogens is 2. The Morgan fingerprint density at radius 1 is 1.00 bits per heavy atom. The monoisotopic (exact) mass is 417 g/mol. The number of carbonyl (C=O) groups excluding carboxylic acids is 1. The molecule has 0 saturated carbocycles. The van der Waals surface area contributed by atoms with Crippen LogP contribution < -0.4 is 4.90 Å². The second-order valence-electron chi connectivity index (χ2n) is 6.32. The van der Waals surface area contributed by atoms with E-state index in [-0.39, 0.29) is 25.6 Å². The molecule has 3 heterocycles. The molecule has 0 N–H and O–H groups in total. The Kier molecular flexibility index (Phi) is 4.13. The number of amides is 1. The number of anilines is 1. The highest BCUT2D eigenvalue weighted by molar-refractivity contribution is 6.38. The van der Waals surface area contributed by atoms with E-state index in [1.165, 1.54) is 4.90 Å². The van der Waals surface area contributed by atoms with E-state index >= 15 is 0 Å². The van der Waals surface area contributed by atoms with Crippen molar-refractivity contribution in [2.75, 3.05) is 18.1 Å². The Hall–Kier alpha value is -2.45. The predicted octanol–water partition coefficient (Wildman–Crippen LogP) is 3.79. The lowest BCUT2D eigenvalue weighted by Crippen LogP contribution is -2.41. The fourth-order valence-corrected chi connectivity index (χ4v) is 4.02. The molecule has 3 aromatic rings. The lowest BCUT2D eigenvalue weighted by Gasteiger charge is -2.21. The molecule has 7 nitrogen and oxygen atoms in total. The van der Waals surface area contributed by atoms with Crippen LogP contribution in [0.2, 0.25) is 10.0 Å². The highest BCUT2D eigenvalue weighted by atomic mass is 35.5. The van der Waals surface area contributed by atoms with Crippen molar-refractivity contribution in [2.45, 2.75) is 12.3 Å². The standard InChI is InChI=1S/C19H13Cl2N3O4/c20-12-6-7-13(21)16-15(12)19(26-8-9-27-19)18(25)24(16)10-14-22-23-17(28-14)11-4-2-1-3-5-11/h1-7H,8-10H2. The summed E-state index contributed by atoms with van der Waals surface area (Å²) in [6.45, 7) is 0.571. The van der Waals surface area contributed by atoms with Gasteiger partial charge in [0.25, 0.3) is 11.7 Å². The summed E-state index contributed by atoms with van der Waals surface area (Å²) in [6, 6.07) is 12.6. The largest absolute Gasteiger partial charge is 0.419 e. The van der Waals surface area contributed by atoms with Gasteiger partial charge in [0.1, 0.15) is 6.54 Å². The van der Waals surface area contributed by atoms with Crippen LogP contribution in [0.5, 0.6) is 0 Å². The topological polar surface area (TPSA) is 77.7 Å². The third kappa shape index (κ3) is 2.55. The third-order valence-electron chi connectivity index (χ3n) is 4.68. The number of hydrogen-bond donors (Lipinski definition) is 0. The van der Waals surface area contributed by atoms with Gasteiger partial charge < -0.3 is 13.9 Å². The van der Waals surface area contributed by atoms with Gasteiger partial charge in [-0.05, 0) is 24.3 Å². The van der Waals surface area contributed by atoms with Crippen LogP contribution in [0.1, 0.15) is 11.5 Å². The first-order chi connectivity index (χ1) is 13.6. The number of benzene rings is 2. The molecule has 2 aliphatic rings. The van der Waals surface area contributed by atoms with Gasteiger partial charge in [0.05, 0.1) is 34.5 Å². The minimum absolute atomic E-state index is 0.0141. The number of rotatable bonds is 3. The van der Waals surface area contributed by atoms with Crippen molar-refractivity contribution in [3.8, 4) is 11.5 Å². The summed E-state index contributed by atoms with van der Waals surface area (Å²) in [5.74, 6) is -1.39. The van der Waals surface area contributed by atoms with Crippen molar-refractivity contribution in [1.29, 1.82) is 0 Å². The van der Waals surface area contributed by atoms with Crippen molar-refractivity contribution in [3.05, 3.63) is 64.0 Å². The van der Waals surface area contributed by atoms with E-state index < -0.39 is 11.7 Å². The molecule has 0 radical (unpaired) electrons. The molecule has 1 spiro atoms. The zero-order chi connectivity index (χ0) is 19.3. The van der Waals surface area contributed by atoms with Gasteiger partial charge in [-0.25, -0.2) is 0 Å². The van der Waals surface area contributed by atoms with Crippen LogP contribution in [0.25, 0.3) is 11.5 Å². The summed E-state index contributed by atoms with van der Waals surface area (Å²) in [5.41, 5.74) is 1.63. The Balaban J connectivity index is 1.54. The number of halogens is 2. The van der Waals surface area contributed by atoms with Gasteiger partial charge in [-0.1, -0.05) is 41.4 Å². The molecule has 1 amide bonds. The molecule has 5 rings (SSSR count). The van der Waals surface area contributed by atoms with Gasteiger partial charge in [-0.15, -0.1) is 10.2 Å². The van der Waals surface area contributed by atoms with Crippen molar-refractivity contribution in [2.24, 2.45) is 0 Å². The molecule has 0 atom stereocenters. The second-order valence-corrected chi connectivity index (χ2v) is 7.14. The van der Waals surface area contributed by atoms with E-state index in [0.717, 1.165) is 5.56 Å². The molecule has 1 aromatic heterocycles. The number of carbonyl (C=O) groups is 1. The third-order valence-corrected chi connectivity index (χ3v) is 5.30. The van der Waals surface area contributed by atoms with Gasteiger partial charge in [0.2, 0.25) is 11.8 Å². The first-order valence-electron chi connectivity index (χ1n) is 8.56. The zero-order valence-electron chi connectivity index (χ0n) is 14.4. The summed E-state index contributed by atoms with van der Waals surface area (Å²) in [7, 11) is 0. The average Bonchev–Trinajstić information content (AvgIpc) is 3.43. The van der Waals surface area contributed by atoms with Gasteiger partial charge >= 0.3 is 0 Å². The van der Waals surface area contributed by atoms with Gasteiger partial charge in [-0.3, -0.25) is 9.69 Å². The van der Waals surface area contributed by atoms with Crippen LogP contribution in [0.3, 0.4) is 0 Å². The number of ether oxygens (including phenoxy) is 2. The summed E-state index contributed by atoms with van der Waals surface area (Å²) in [5, 5.41) is 8.82. The SMILES string of the molecule is O=C1N(Cc2nnc(-c3ccccc3)o2)c2c(Cl)ccc(Cl)c2C12OCCO2. The minimum atomic E-state index is -1.58. The van der Waals surface area contributed by atoms with E-state index in [1.807, 2.05) is 30.3 Å². The van der Waals surface area contributed by atoms with Crippen molar-refractivity contribution >= 4 is 34.8 Å². The Bertz CT molecular complexity index is 1060. The lowest BCUT2D eigenvalue weighted by molar-refractivity contribution is -0.180. The first-order valence-corrected chi connectivity index (χ1v) is 9.32. The number of nitrogens with zero attached hydrogens (tertiary/aromatic N) is 3. The Morgan fingerprint density at radius 3 is 2.46 bits per heavy atom. The van der Waals surface area contributed by atoms with Crippen molar-refractivity contribution < 1.29 is 18.7 Å². The average molecular weight is 418 g/mol. The lowest BCUT2D eigenvalue weighted by atomic mass is 10.1. The molecule has 2 aliphatic heterocycles. The Morgan fingerprint density at radius 2 is 1.71 bits per heavy atom. The van der Waals surface area contributed by atoms with Crippen LogP contribution in [-0.4, -0.2) is 29.3 Å². The van der Waals surface area contributed by atoms with Gasteiger partial charge in [0, 0.05) is 5.56 Å². The fraction of sp³-hybridized carbons (Fsp3) is 0.211. The smallest absolute Gasteiger partial charge is 0.293 e. The second kappa shape index (κ2) is 6.56. The highest BCUT2D eigenvalue weighted by Gasteiger charge is 2.58. The van der Waals surface area contributed by atoms with E-state index in [9.17, 15) is 4.79 Å². The molecule has 1 fully saturated rings. The maximum absolute atomic E-state index is 13.2. The fourth-order valence-electron chi connectivity index (χ4n) is 3.49. The van der Waals surface area contributed by atoms with Crippen LogP contribution in [0.15, 0.2) is 46.9 Å². The van der Waals surface area contributed by atoms with Crippen LogP contribution in [-0.2, 0) is 26.6 Å². The minimum Gasteiger partial charge on any atom is -0.419 e. The highest BCUT2D eigenvalue weighted by Crippen LogP contribution is 2.52. The molecule has 0 bridgehead atoms. The molecule has 142 valence electrons. The normalized spacial score (nSPS) is 17.5. The number of fused-ring (bicyclic) bond motifs is 2. The van der Waals surface area contributed by atoms with Crippen molar-refractivity contribution in [3.63, 3.8) is 0 Å². The quantitative estimate of drug-likeness (QED) is 0.644. The molecule has 0 aliphatic carbocycles. The van der Waals surface area contributed by atoms with Crippen LogP contribution in [0.4, 0.5) is 5.69 Å². The molecule has 2 aromatic carbocycles. The van der Waals surface area contributed by atoms with Gasteiger partial charge in [-0.2, -0.15) is 0 Å². The number of hydrogen-bond acceptors (Lipinski definition) is 6. The van der Waals surface area contributed by atoms with Crippen LogP contribution in [0, 0.1) is 0 Å². The molecule has 0 unspecified atom stereocenters. The summed E-state index contributed by atoms with van der Waals surface area (Å²) in [6.07, 6.45) is 0. The Labute approximate surface area is 169 Å². The first kappa shape index (κ1) is 17.6. The van der Waals surface area contributed by atoms with E-state index in [1.54, 1.807) is 12.1 Å². The van der Waals surface area contributed by atoms with Gasteiger partial charge in [0.15, 0.2) is 0 Å². The summed E-state index contributed by atoms with van der Waals surface area (Å²) >= 11 is 12.8. The molecule has 1 saturated heterocycles. The maximum atomic E-state index is 13.2. The molecule has 28 heavy (non-hydrogen) atoms. The summed E-state index contributed by atoms with van der Waals surface area (Å²) in [4.78, 5) is 14.7. The molecular formula is C19H13Cl2N3O4. The molecular weight excluding hydrogens is 405 g/mol. The van der Waals surface area contributed by atoms with E-state index in [4.69, 9.17) is 37.1 Å². The molecule has 9 heteroatoms. The van der Waals surface area contributed by atoms with Crippen LogP contribution >= 0.6 is 23.2 Å². The van der Waals surface area contributed by atoms with Crippen molar-refractivity contribution in [1.82, 2.24) is 10.2 Å². The predicted molar refractivity (Wildman–Crippen MR) is 101 cm³/mol. The van der Waals surface area contributed by atoms with E-state index in [0.29, 0.717) is 27.2 Å². The zero-order valence-corrected chi connectivity index (χ0v) is 15.9.